The Morgan fingerprint density at radius 1 is 1.42 bits per heavy atom. The lowest BCUT2D eigenvalue weighted by Crippen LogP contribution is -2.57. The number of ether oxygens (including phenoxy) is 1. The third kappa shape index (κ3) is 4.05. The first-order valence-electron chi connectivity index (χ1n) is 9.33. The first kappa shape index (κ1) is 22.8. The number of hydrogen-bond acceptors (Lipinski definition) is 7. The first-order chi connectivity index (χ1) is 14.2. The summed E-state index contributed by atoms with van der Waals surface area (Å²) in [5, 5.41) is 11.9. The van der Waals surface area contributed by atoms with Crippen LogP contribution in [0.3, 0.4) is 0 Å². The molecule has 0 radical (unpaired) electrons. The lowest BCUT2D eigenvalue weighted by atomic mass is 9.87. The molecule has 0 bridgehead atoms. The van der Waals surface area contributed by atoms with Gasteiger partial charge in [-0.05, 0) is 33.3 Å². The van der Waals surface area contributed by atoms with Gasteiger partial charge in [-0.2, -0.15) is 0 Å². The molecule has 2 aliphatic rings. The maximum absolute atomic E-state index is 14.8. The van der Waals surface area contributed by atoms with Crippen molar-refractivity contribution in [1.29, 1.82) is 0 Å². The summed E-state index contributed by atoms with van der Waals surface area (Å²) in [5.74, 6) is -1.46. The Hall–Kier alpha value is -2.83. The van der Waals surface area contributed by atoms with Crippen LogP contribution in [0.4, 0.5) is 19.3 Å². The van der Waals surface area contributed by atoms with Gasteiger partial charge < -0.3 is 4.74 Å². The quantitative estimate of drug-likeness (QED) is 0.533. The molecule has 1 saturated carbocycles. The highest BCUT2D eigenvalue weighted by molar-refractivity contribution is 7.90. The molecule has 1 aromatic carbocycles. The number of nitrogens with one attached hydrogen (secondary N) is 1. The Bertz CT molecular complexity index is 1070. The molecule has 1 aliphatic heterocycles. The van der Waals surface area contributed by atoms with Crippen LogP contribution in [0.1, 0.15) is 39.2 Å². The Balaban J connectivity index is 2.20. The lowest BCUT2D eigenvalue weighted by Gasteiger charge is -2.40. The van der Waals surface area contributed by atoms with E-state index < -0.39 is 79.5 Å². The van der Waals surface area contributed by atoms with E-state index in [0.717, 1.165) is 25.2 Å². The second-order valence-corrected chi connectivity index (χ2v) is 10.6. The number of nitrogens with zero attached hydrogens (tertiary/aromatic N) is 3. The molecular formula is C18H22F2N4O6S. The molecule has 0 aromatic heterocycles. The van der Waals surface area contributed by atoms with Crippen LogP contribution in [0.25, 0.3) is 0 Å². The van der Waals surface area contributed by atoms with Crippen molar-refractivity contribution < 1.29 is 31.7 Å². The molecule has 1 aromatic rings. The Kier molecular flexibility index (Phi) is 5.45. The molecular weight excluding hydrogens is 438 g/mol. The number of carbonyl (C=O) groups excluding carboxylic acids is 1. The van der Waals surface area contributed by atoms with E-state index in [2.05, 4.69) is 10.3 Å². The van der Waals surface area contributed by atoms with Crippen LogP contribution in [0.2, 0.25) is 0 Å². The van der Waals surface area contributed by atoms with E-state index in [1.54, 1.807) is 20.8 Å². The normalized spacial score (nSPS) is 27.3. The molecule has 1 fully saturated rings. The zero-order valence-electron chi connectivity index (χ0n) is 17.3. The summed E-state index contributed by atoms with van der Waals surface area (Å²) in [6.07, 6.45) is -3.67. The van der Waals surface area contributed by atoms with Crippen LogP contribution in [-0.4, -0.2) is 53.8 Å². The summed E-state index contributed by atoms with van der Waals surface area (Å²) in [4.78, 5) is 26.9. The van der Waals surface area contributed by atoms with Crippen molar-refractivity contribution in [3.63, 3.8) is 0 Å². The second-order valence-electron chi connectivity index (χ2n) is 8.45. The van der Waals surface area contributed by atoms with E-state index in [0.29, 0.717) is 4.31 Å². The Morgan fingerprint density at radius 3 is 2.65 bits per heavy atom. The molecule has 0 spiro atoms. The van der Waals surface area contributed by atoms with Crippen molar-refractivity contribution in [2.24, 2.45) is 4.99 Å². The molecule has 13 heteroatoms. The first-order valence-corrected chi connectivity index (χ1v) is 10.8. The highest BCUT2D eigenvalue weighted by Gasteiger charge is 2.60. The van der Waals surface area contributed by atoms with Gasteiger partial charge in [-0.1, -0.05) is 0 Å². The van der Waals surface area contributed by atoms with Crippen LogP contribution in [0.5, 0.6) is 0 Å². The molecule has 1 aliphatic carbocycles. The standard InChI is InChI=1S/C18H22F2N4O6S/c1-17(2,3)30-16(25)21-15-22-18(12-8-11(24(26)27)5-6-13(12)20)9-10(19)7-14(18)31(28,29)23(15)4/h5-6,8,10,14H,7,9H2,1-4H3,(H,21,22,25). The minimum absolute atomic E-state index is 0.424. The zero-order valence-corrected chi connectivity index (χ0v) is 18.1. The maximum Gasteiger partial charge on any atom is 0.414 e. The van der Waals surface area contributed by atoms with E-state index in [-0.39, 0.29) is 0 Å². The summed E-state index contributed by atoms with van der Waals surface area (Å²) in [5.41, 5.74) is -3.82. The van der Waals surface area contributed by atoms with Gasteiger partial charge in [0.15, 0.2) is 0 Å². The number of alkyl carbamates (subject to hydrolysis) is 1. The van der Waals surface area contributed by atoms with E-state index in [4.69, 9.17) is 4.74 Å². The SMILES string of the molecule is CN1C(NC(=O)OC(C)(C)C)=NC2(c3cc([N+](=O)[O-])ccc3F)CC(F)CC2S1(=O)=O. The predicted molar refractivity (Wildman–Crippen MR) is 106 cm³/mol. The zero-order chi connectivity index (χ0) is 23.4. The van der Waals surface area contributed by atoms with Gasteiger partial charge in [-0.25, -0.2) is 31.3 Å². The molecule has 31 heavy (non-hydrogen) atoms. The molecule has 3 atom stereocenters. The molecule has 1 N–H and O–H groups in total. The number of hydrogen-bond donors (Lipinski definition) is 1. The molecule has 3 rings (SSSR count). The Morgan fingerprint density at radius 2 is 2.06 bits per heavy atom. The third-order valence-corrected chi connectivity index (χ3v) is 7.36. The highest BCUT2D eigenvalue weighted by Crippen LogP contribution is 2.51. The number of carbonyl (C=O) groups is 1. The van der Waals surface area contributed by atoms with E-state index >= 15 is 0 Å². The minimum Gasteiger partial charge on any atom is -0.444 e. The van der Waals surface area contributed by atoms with Gasteiger partial charge in [0.25, 0.3) is 5.69 Å². The fourth-order valence-corrected chi connectivity index (χ4v) is 5.77. The number of nitro benzene ring substituents is 1. The molecule has 1 heterocycles. The summed E-state index contributed by atoms with van der Waals surface area (Å²) in [6.45, 7) is 4.78. The number of guanidine groups is 1. The van der Waals surface area contributed by atoms with Crippen LogP contribution >= 0.6 is 0 Å². The van der Waals surface area contributed by atoms with Gasteiger partial charge in [0, 0.05) is 31.2 Å². The summed E-state index contributed by atoms with van der Waals surface area (Å²) >= 11 is 0. The number of sulfonamides is 1. The average Bonchev–Trinajstić information content (AvgIpc) is 2.96. The van der Waals surface area contributed by atoms with Gasteiger partial charge in [0.2, 0.25) is 16.0 Å². The molecule has 3 unspecified atom stereocenters. The number of nitro groups is 1. The van der Waals surface area contributed by atoms with Crippen LogP contribution in [-0.2, 0) is 20.3 Å². The largest absolute Gasteiger partial charge is 0.444 e. The topological polar surface area (TPSA) is 131 Å². The van der Waals surface area contributed by atoms with Gasteiger partial charge >= 0.3 is 6.09 Å². The van der Waals surface area contributed by atoms with Gasteiger partial charge in [0.1, 0.15) is 28.4 Å². The summed E-state index contributed by atoms with van der Waals surface area (Å²) in [7, 11) is -3.20. The lowest BCUT2D eigenvalue weighted by molar-refractivity contribution is -0.385. The maximum atomic E-state index is 14.8. The highest BCUT2D eigenvalue weighted by atomic mass is 32.2. The molecule has 10 nitrogen and oxygen atoms in total. The number of alkyl halides is 1. The second kappa shape index (κ2) is 7.39. The van der Waals surface area contributed by atoms with E-state index in [1.807, 2.05) is 0 Å². The number of amides is 1. The van der Waals surface area contributed by atoms with E-state index in [9.17, 15) is 32.1 Å². The van der Waals surface area contributed by atoms with Crippen molar-refractivity contribution in [3.8, 4) is 0 Å². The van der Waals surface area contributed by atoms with Crippen molar-refractivity contribution in [2.45, 2.75) is 56.2 Å². The number of benzene rings is 1. The molecule has 0 saturated heterocycles. The van der Waals surface area contributed by atoms with Gasteiger partial charge in [-0.3, -0.25) is 15.4 Å². The van der Waals surface area contributed by atoms with Crippen molar-refractivity contribution in [3.05, 3.63) is 39.7 Å². The number of rotatable bonds is 2. The number of fused-ring (bicyclic) bond motifs is 1. The predicted octanol–water partition coefficient (Wildman–Crippen LogP) is 2.59. The fourth-order valence-electron chi connectivity index (χ4n) is 3.84. The number of aliphatic imine (C=N–C) groups is 1. The van der Waals surface area contributed by atoms with Gasteiger partial charge in [-0.15, -0.1) is 0 Å². The molecule has 170 valence electrons. The fraction of sp³-hybridized carbons (Fsp3) is 0.556. The minimum atomic E-state index is -4.31. The average molecular weight is 460 g/mol. The number of halogens is 2. The Labute approximate surface area is 177 Å². The monoisotopic (exact) mass is 460 g/mol. The summed E-state index contributed by atoms with van der Waals surface area (Å²) < 4.78 is 61.4. The summed E-state index contributed by atoms with van der Waals surface area (Å²) in [6, 6.07) is 2.58. The third-order valence-electron chi connectivity index (χ3n) is 5.12. The van der Waals surface area contributed by atoms with Crippen molar-refractivity contribution in [1.82, 2.24) is 9.62 Å². The van der Waals surface area contributed by atoms with Crippen LogP contribution in [0, 0.1) is 15.9 Å². The van der Waals surface area contributed by atoms with E-state index in [1.165, 1.54) is 0 Å². The molecule has 1 amide bonds. The van der Waals surface area contributed by atoms with Crippen molar-refractivity contribution >= 4 is 27.8 Å². The smallest absolute Gasteiger partial charge is 0.414 e. The van der Waals surface area contributed by atoms with Crippen molar-refractivity contribution in [2.75, 3.05) is 7.05 Å². The van der Waals surface area contributed by atoms with Crippen LogP contribution < -0.4 is 5.32 Å². The van der Waals surface area contributed by atoms with Crippen LogP contribution in [0.15, 0.2) is 23.2 Å². The van der Waals surface area contributed by atoms with Gasteiger partial charge in [0.05, 0.1) is 4.92 Å². The number of non-ortho nitro benzene ring substituents is 1.